The third-order valence-electron chi connectivity index (χ3n) is 5.00. The molecule has 1 fully saturated rings. The van der Waals surface area contributed by atoms with Crippen LogP contribution in [0.15, 0.2) is 54.9 Å². The molecule has 2 heterocycles. The lowest BCUT2D eigenvalue weighted by molar-refractivity contribution is -0.385. The maximum absolute atomic E-state index is 14.1. The summed E-state index contributed by atoms with van der Waals surface area (Å²) in [5.41, 5.74) is 0.209. The van der Waals surface area contributed by atoms with Crippen LogP contribution in [0.4, 0.5) is 21.6 Å². The molecule has 0 spiro atoms. The van der Waals surface area contributed by atoms with Crippen molar-refractivity contribution in [2.75, 3.05) is 43.1 Å². The predicted octanol–water partition coefficient (Wildman–Crippen LogP) is 3.65. The number of nitro groups is 1. The number of hydrogen-bond acceptors (Lipinski definition) is 8. The van der Waals surface area contributed by atoms with Gasteiger partial charge in [0, 0.05) is 26.2 Å². The minimum absolute atomic E-state index is 0.142. The zero-order chi connectivity index (χ0) is 21.8. The molecule has 10 heteroatoms. The highest BCUT2D eigenvalue weighted by Gasteiger charge is 2.31. The van der Waals surface area contributed by atoms with E-state index in [4.69, 9.17) is 9.47 Å². The van der Waals surface area contributed by atoms with Gasteiger partial charge in [0.25, 0.3) is 0 Å². The Morgan fingerprint density at radius 1 is 0.968 bits per heavy atom. The summed E-state index contributed by atoms with van der Waals surface area (Å²) in [6, 6.07) is 13.2. The Morgan fingerprint density at radius 3 is 2.26 bits per heavy atom. The lowest BCUT2D eigenvalue weighted by atomic mass is 10.2. The summed E-state index contributed by atoms with van der Waals surface area (Å²) in [4.78, 5) is 23.1. The zero-order valence-corrected chi connectivity index (χ0v) is 16.8. The quantitative estimate of drug-likeness (QED) is 0.436. The van der Waals surface area contributed by atoms with Crippen molar-refractivity contribution in [3.05, 3.63) is 70.8 Å². The van der Waals surface area contributed by atoms with Gasteiger partial charge < -0.3 is 19.3 Å². The second kappa shape index (κ2) is 8.82. The van der Waals surface area contributed by atoms with Crippen LogP contribution in [0.2, 0.25) is 0 Å². The molecule has 1 aliphatic rings. The molecule has 0 N–H and O–H groups in total. The van der Waals surface area contributed by atoms with E-state index in [-0.39, 0.29) is 23.2 Å². The van der Waals surface area contributed by atoms with E-state index in [9.17, 15) is 14.5 Å². The molecule has 0 radical (unpaired) electrons. The highest BCUT2D eigenvalue weighted by molar-refractivity contribution is 5.64. The first-order valence-corrected chi connectivity index (χ1v) is 9.62. The number of rotatable bonds is 6. The van der Waals surface area contributed by atoms with Gasteiger partial charge in [-0.1, -0.05) is 12.1 Å². The minimum atomic E-state index is -0.544. The highest BCUT2D eigenvalue weighted by Crippen LogP contribution is 2.37. The molecule has 0 amide bonds. The fourth-order valence-corrected chi connectivity index (χ4v) is 3.44. The molecular formula is C21H20FN5O4. The molecule has 31 heavy (non-hydrogen) atoms. The van der Waals surface area contributed by atoms with Crippen molar-refractivity contribution in [3.8, 4) is 17.4 Å². The van der Waals surface area contributed by atoms with Crippen molar-refractivity contribution < 1.29 is 18.8 Å². The van der Waals surface area contributed by atoms with Crippen LogP contribution in [0, 0.1) is 15.9 Å². The average molecular weight is 425 g/mol. The van der Waals surface area contributed by atoms with Crippen LogP contribution in [0.1, 0.15) is 0 Å². The Balaban J connectivity index is 1.55. The number of hydrogen-bond donors (Lipinski definition) is 0. The summed E-state index contributed by atoms with van der Waals surface area (Å²) in [6.45, 7) is 1.87. The van der Waals surface area contributed by atoms with Gasteiger partial charge >= 0.3 is 11.6 Å². The molecule has 0 unspecified atom stereocenters. The molecule has 0 atom stereocenters. The molecule has 2 aromatic carbocycles. The number of ether oxygens (including phenoxy) is 2. The number of piperazine rings is 1. The molecule has 4 rings (SSSR count). The summed E-state index contributed by atoms with van der Waals surface area (Å²) < 4.78 is 24.9. The smallest absolute Gasteiger partial charge is 0.373 e. The van der Waals surface area contributed by atoms with Crippen LogP contribution in [-0.2, 0) is 0 Å². The standard InChI is InChI=1S/C21H20FN5O4/c1-30-15-6-8-16(9-7-15)31-21-19(27(28)29)20(23-14-24-21)26-12-10-25(11-13-26)18-5-3-2-4-17(18)22/h2-9,14H,10-13H2,1H3. The Hall–Kier alpha value is -3.95. The van der Waals surface area contributed by atoms with Gasteiger partial charge in [0.1, 0.15) is 23.6 Å². The lowest BCUT2D eigenvalue weighted by Gasteiger charge is -2.36. The van der Waals surface area contributed by atoms with Crippen LogP contribution in [0.5, 0.6) is 17.4 Å². The fourth-order valence-electron chi connectivity index (χ4n) is 3.44. The Kier molecular flexibility index (Phi) is 5.78. The largest absolute Gasteiger partial charge is 0.497 e. The number of benzene rings is 2. The first-order valence-electron chi connectivity index (χ1n) is 9.62. The van der Waals surface area contributed by atoms with Crippen LogP contribution >= 0.6 is 0 Å². The van der Waals surface area contributed by atoms with E-state index < -0.39 is 4.92 Å². The number of para-hydroxylation sites is 1. The maximum atomic E-state index is 14.1. The van der Waals surface area contributed by atoms with Gasteiger partial charge in [-0.3, -0.25) is 10.1 Å². The molecule has 3 aromatic rings. The van der Waals surface area contributed by atoms with Gasteiger partial charge in [0.05, 0.1) is 17.7 Å². The third kappa shape index (κ3) is 4.32. The molecule has 1 saturated heterocycles. The summed E-state index contributed by atoms with van der Waals surface area (Å²) >= 11 is 0. The maximum Gasteiger partial charge on any atom is 0.373 e. The van der Waals surface area contributed by atoms with Crippen LogP contribution in [0.25, 0.3) is 0 Å². The first kappa shape index (κ1) is 20.3. The van der Waals surface area contributed by atoms with E-state index in [0.29, 0.717) is 43.4 Å². The molecule has 0 aliphatic carbocycles. The Bertz CT molecular complexity index is 1070. The Labute approximate surface area is 177 Å². The summed E-state index contributed by atoms with van der Waals surface area (Å²) in [6.07, 6.45) is 1.24. The average Bonchev–Trinajstić information content (AvgIpc) is 2.80. The summed E-state index contributed by atoms with van der Waals surface area (Å²) in [7, 11) is 1.54. The Morgan fingerprint density at radius 2 is 1.61 bits per heavy atom. The number of halogens is 1. The van der Waals surface area contributed by atoms with Crippen LogP contribution in [0.3, 0.4) is 0 Å². The topological polar surface area (TPSA) is 93.9 Å². The van der Waals surface area contributed by atoms with E-state index in [2.05, 4.69) is 9.97 Å². The normalized spacial score (nSPS) is 13.7. The molecule has 0 saturated carbocycles. The molecule has 9 nitrogen and oxygen atoms in total. The van der Waals surface area contributed by atoms with Crippen molar-refractivity contribution in [3.63, 3.8) is 0 Å². The minimum Gasteiger partial charge on any atom is -0.497 e. The van der Waals surface area contributed by atoms with E-state index in [1.54, 1.807) is 54.5 Å². The van der Waals surface area contributed by atoms with E-state index >= 15 is 0 Å². The predicted molar refractivity (Wildman–Crippen MR) is 113 cm³/mol. The van der Waals surface area contributed by atoms with Crippen molar-refractivity contribution in [1.82, 2.24) is 9.97 Å². The van der Waals surface area contributed by atoms with Crippen molar-refractivity contribution in [2.24, 2.45) is 0 Å². The van der Waals surface area contributed by atoms with Gasteiger partial charge in [-0.25, -0.2) is 9.37 Å². The number of anilines is 2. The second-order valence-electron chi connectivity index (χ2n) is 6.81. The monoisotopic (exact) mass is 425 g/mol. The zero-order valence-electron chi connectivity index (χ0n) is 16.8. The van der Waals surface area contributed by atoms with Crippen molar-refractivity contribution in [1.29, 1.82) is 0 Å². The molecule has 1 aromatic heterocycles. The number of methoxy groups -OCH3 is 1. The summed E-state index contributed by atoms with van der Waals surface area (Å²) in [5, 5.41) is 11.8. The highest BCUT2D eigenvalue weighted by atomic mass is 19.1. The molecular weight excluding hydrogens is 405 g/mol. The van der Waals surface area contributed by atoms with Gasteiger partial charge in [0.15, 0.2) is 0 Å². The van der Waals surface area contributed by atoms with Gasteiger partial charge in [0.2, 0.25) is 5.82 Å². The van der Waals surface area contributed by atoms with E-state index in [0.717, 1.165) is 0 Å². The number of aromatic nitrogens is 2. The molecule has 0 bridgehead atoms. The van der Waals surface area contributed by atoms with Crippen LogP contribution in [-0.4, -0.2) is 48.2 Å². The van der Waals surface area contributed by atoms with Gasteiger partial charge in [-0.15, -0.1) is 0 Å². The van der Waals surface area contributed by atoms with Gasteiger partial charge in [-0.05, 0) is 36.4 Å². The lowest BCUT2D eigenvalue weighted by Crippen LogP contribution is -2.47. The molecule has 1 aliphatic heterocycles. The van der Waals surface area contributed by atoms with E-state index in [1.807, 2.05) is 4.90 Å². The second-order valence-corrected chi connectivity index (χ2v) is 6.81. The SMILES string of the molecule is COc1ccc(Oc2ncnc(N3CCN(c4ccccc4F)CC3)c2[N+](=O)[O-])cc1. The molecule has 160 valence electrons. The van der Waals surface area contributed by atoms with Crippen molar-refractivity contribution in [2.45, 2.75) is 0 Å². The first-order chi connectivity index (χ1) is 15.1. The van der Waals surface area contributed by atoms with E-state index in [1.165, 1.54) is 12.4 Å². The van der Waals surface area contributed by atoms with Gasteiger partial charge in [-0.2, -0.15) is 4.98 Å². The summed E-state index contributed by atoms with van der Waals surface area (Å²) in [5.74, 6) is 0.767. The van der Waals surface area contributed by atoms with Crippen LogP contribution < -0.4 is 19.3 Å². The fraction of sp³-hybridized carbons (Fsp3) is 0.238. The van der Waals surface area contributed by atoms with Crippen molar-refractivity contribution >= 4 is 17.2 Å². The number of nitrogens with zero attached hydrogens (tertiary/aromatic N) is 5. The third-order valence-corrected chi connectivity index (χ3v) is 5.00.